The number of nitrogens with one attached hydrogen (secondary N) is 2. The maximum atomic E-state index is 13.7. The van der Waals surface area contributed by atoms with Crippen LogP contribution in [0, 0.1) is 0 Å². The topological polar surface area (TPSA) is 133 Å². The summed E-state index contributed by atoms with van der Waals surface area (Å²) in [6.07, 6.45) is 0.734. The zero-order valence-electron chi connectivity index (χ0n) is 33.3. The molecule has 0 saturated heterocycles. The van der Waals surface area contributed by atoms with Gasteiger partial charge in [0.15, 0.2) is 11.2 Å². The molecule has 0 spiro atoms. The summed E-state index contributed by atoms with van der Waals surface area (Å²) in [7, 11) is 3.26. The van der Waals surface area contributed by atoms with E-state index in [2.05, 4.69) is 15.3 Å². The van der Waals surface area contributed by atoms with Crippen molar-refractivity contribution < 1.29 is 24.1 Å². The molecule has 0 amide bonds. The van der Waals surface area contributed by atoms with Crippen LogP contribution in [0.25, 0.3) is 11.2 Å². The van der Waals surface area contributed by atoms with Crippen molar-refractivity contribution in [1.29, 1.82) is 0 Å². The number of aliphatic hydroxyl groups is 1. The Morgan fingerprint density at radius 2 is 1.10 bits per heavy atom. The van der Waals surface area contributed by atoms with Crippen molar-refractivity contribution in [2.45, 2.75) is 24.0 Å². The molecular weight excluding hydrogens is 755 g/mol. The lowest BCUT2D eigenvalue weighted by Crippen LogP contribution is -2.39. The van der Waals surface area contributed by atoms with E-state index in [4.69, 9.17) is 23.9 Å². The Kier molecular flexibility index (Phi) is 11.8. The van der Waals surface area contributed by atoms with E-state index in [0.717, 1.165) is 39.1 Å². The van der Waals surface area contributed by atoms with Crippen molar-refractivity contribution in [2.75, 3.05) is 32.8 Å². The van der Waals surface area contributed by atoms with E-state index in [9.17, 15) is 9.90 Å². The highest BCUT2D eigenvalue weighted by molar-refractivity contribution is 5.71. The maximum Gasteiger partial charge on any atom is 0.280 e. The van der Waals surface area contributed by atoms with Crippen molar-refractivity contribution in [1.82, 2.24) is 19.5 Å². The molecule has 0 radical (unpaired) electrons. The maximum absolute atomic E-state index is 13.7. The predicted octanol–water partition coefficient (Wildman–Crippen LogP) is 7.88. The van der Waals surface area contributed by atoms with Crippen LogP contribution in [-0.4, -0.2) is 58.2 Å². The summed E-state index contributed by atoms with van der Waals surface area (Å²) in [5.41, 5.74) is 3.37. The first kappa shape index (κ1) is 39.8. The third kappa shape index (κ3) is 7.76. The van der Waals surface area contributed by atoms with Gasteiger partial charge in [0.05, 0.1) is 33.8 Å². The molecule has 11 heteroatoms. The minimum atomic E-state index is -1.06. The second-order valence-electron chi connectivity index (χ2n) is 14.2. The minimum absolute atomic E-state index is 0.0122. The predicted molar refractivity (Wildman–Crippen MR) is 231 cm³/mol. The first-order valence-corrected chi connectivity index (χ1v) is 19.6. The number of aromatic amines is 1. The van der Waals surface area contributed by atoms with Crippen molar-refractivity contribution in [3.63, 3.8) is 0 Å². The van der Waals surface area contributed by atoms with Gasteiger partial charge in [0, 0.05) is 0 Å². The molecule has 2 heterocycles. The highest BCUT2D eigenvalue weighted by Crippen LogP contribution is 2.42. The number of anilines is 1. The van der Waals surface area contributed by atoms with E-state index in [-0.39, 0.29) is 31.4 Å². The average molecular weight is 800 g/mol. The summed E-state index contributed by atoms with van der Waals surface area (Å²) in [5.74, 6) is 1.65. The van der Waals surface area contributed by atoms with Gasteiger partial charge in [-0.05, 0) is 57.6 Å². The van der Waals surface area contributed by atoms with Gasteiger partial charge in [0.1, 0.15) is 35.5 Å². The Hall–Kier alpha value is -7.05. The van der Waals surface area contributed by atoms with Crippen LogP contribution < -0.4 is 20.3 Å². The summed E-state index contributed by atoms with van der Waals surface area (Å²) in [6, 6.07) is 55.5. The van der Waals surface area contributed by atoms with Crippen LogP contribution in [-0.2, 0) is 27.3 Å². The van der Waals surface area contributed by atoms with Gasteiger partial charge in [-0.2, -0.15) is 4.98 Å². The summed E-state index contributed by atoms with van der Waals surface area (Å²) in [4.78, 5) is 26.0. The molecule has 0 aliphatic rings. The van der Waals surface area contributed by atoms with E-state index in [1.165, 1.54) is 6.33 Å². The number of hydrogen-bond donors (Lipinski definition) is 3. The van der Waals surface area contributed by atoms with Crippen LogP contribution in [0.5, 0.6) is 11.5 Å². The van der Waals surface area contributed by atoms with Crippen molar-refractivity contribution in [3.8, 4) is 11.5 Å². The standard InChI is InChI=1S/C49H45N5O6/c1-57-41-27-23-37(24-28-41)48(35-15-7-3-8-16-35,36-17-9-4-10-18-36)53-47-51-45-44(46(56)52-47)50-33-54(45)34-59-43(31-55)32-60-49(38-19-11-5-12-20-38,39-21-13-6-14-22-39)40-25-29-42(58-2)30-26-40/h3-30,33,43,55H,31-32,34H2,1-2H3,(H2,51,52,53,56). The lowest BCUT2D eigenvalue weighted by Gasteiger charge is -2.37. The number of methoxy groups -OCH3 is 2. The van der Waals surface area contributed by atoms with E-state index >= 15 is 0 Å². The van der Waals surface area contributed by atoms with Crippen LogP contribution in [0.2, 0.25) is 0 Å². The SMILES string of the molecule is COc1ccc(C(Nc2nc3c(ncn3COC(CO)COC(c3ccccc3)(c3ccccc3)c3ccc(OC)cc3)c(=O)[nH]2)(c2ccccc2)c2ccccc2)cc1. The zero-order valence-corrected chi connectivity index (χ0v) is 33.3. The second-order valence-corrected chi connectivity index (χ2v) is 14.2. The molecule has 0 fully saturated rings. The quantitative estimate of drug-likeness (QED) is 0.0787. The highest BCUT2D eigenvalue weighted by Gasteiger charge is 2.39. The summed E-state index contributed by atoms with van der Waals surface area (Å²) in [6.45, 7) is -0.402. The fourth-order valence-corrected chi connectivity index (χ4v) is 7.70. The number of fused-ring (bicyclic) bond motifs is 1. The molecule has 0 saturated carbocycles. The normalized spacial score (nSPS) is 12.2. The van der Waals surface area contributed by atoms with Crippen molar-refractivity contribution in [2.24, 2.45) is 0 Å². The largest absolute Gasteiger partial charge is 0.497 e. The fourth-order valence-electron chi connectivity index (χ4n) is 7.70. The fraction of sp³-hybridized carbons (Fsp3) is 0.163. The molecule has 6 aromatic carbocycles. The smallest absolute Gasteiger partial charge is 0.280 e. The van der Waals surface area contributed by atoms with Crippen molar-refractivity contribution in [3.05, 3.63) is 220 Å². The molecule has 0 aliphatic heterocycles. The number of benzene rings is 6. The van der Waals surface area contributed by atoms with Crippen LogP contribution >= 0.6 is 0 Å². The first-order valence-electron chi connectivity index (χ1n) is 19.6. The molecule has 8 rings (SSSR count). The first-order chi connectivity index (χ1) is 29.5. The Morgan fingerprint density at radius 3 is 1.58 bits per heavy atom. The number of aromatic nitrogens is 4. The van der Waals surface area contributed by atoms with E-state index in [1.54, 1.807) is 18.8 Å². The number of rotatable bonds is 17. The lowest BCUT2D eigenvalue weighted by molar-refractivity contribution is -0.0970. The second kappa shape index (κ2) is 17.8. The van der Waals surface area contributed by atoms with Gasteiger partial charge in [-0.25, -0.2) is 4.98 Å². The van der Waals surface area contributed by atoms with Gasteiger partial charge < -0.3 is 29.4 Å². The van der Waals surface area contributed by atoms with Crippen LogP contribution in [0.15, 0.2) is 181 Å². The number of H-pyrrole nitrogens is 1. The summed E-state index contributed by atoms with van der Waals surface area (Å²) in [5, 5.41) is 14.3. The van der Waals surface area contributed by atoms with Crippen molar-refractivity contribution >= 4 is 17.1 Å². The van der Waals surface area contributed by atoms with Crippen LogP contribution in [0.1, 0.15) is 33.4 Å². The number of hydrogen-bond acceptors (Lipinski definition) is 9. The van der Waals surface area contributed by atoms with Gasteiger partial charge in [-0.3, -0.25) is 14.3 Å². The molecule has 8 aromatic rings. The van der Waals surface area contributed by atoms with E-state index in [0.29, 0.717) is 11.4 Å². The summed E-state index contributed by atoms with van der Waals surface area (Å²) >= 11 is 0. The molecule has 1 atom stereocenters. The highest BCUT2D eigenvalue weighted by atomic mass is 16.6. The zero-order chi connectivity index (χ0) is 41.4. The Labute approximate surface area is 347 Å². The molecule has 60 heavy (non-hydrogen) atoms. The molecule has 0 bridgehead atoms. The molecule has 11 nitrogen and oxygen atoms in total. The Morgan fingerprint density at radius 1 is 0.650 bits per heavy atom. The average Bonchev–Trinajstić information content (AvgIpc) is 3.74. The van der Waals surface area contributed by atoms with E-state index < -0.39 is 22.8 Å². The number of nitrogens with zero attached hydrogens (tertiary/aromatic N) is 3. The van der Waals surface area contributed by atoms with Crippen LogP contribution in [0.4, 0.5) is 5.95 Å². The van der Waals surface area contributed by atoms with Gasteiger partial charge in [0.25, 0.3) is 5.56 Å². The lowest BCUT2D eigenvalue weighted by atomic mass is 9.77. The third-order valence-corrected chi connectivity index (χ3v) is 10.7. The number of aliphatic hydroxyl groups excluding tert-OH is 1. The number of imidazole rings is 1. The van der Waals surface area contributed by atoms with Crippen LogP contribution in [0.3, 0.4) is 0 Å². The van der Waals surface area contributed by atoms with E-state index in [1.807, 2.05) is 170 Å². The summed E-state index contributed by atoms with van der Waals surface area (Å²) < 4.78 is 25.9. The Bertz CT molecular complexity index is 2580. The Balaban J connectivity index is 1.12. The van der Waals surface area contributed by atoms with Gasteiger partial charge in [-0.15, -0.1) is 0 Å². The molecule has 302 valence electrons. The van der Waals surface area contributed by atoms with Gasteiger partial charge >= 0.3 is 0 Å². The molecular formula is C49H45N5O6. The third-order valence-electron chi connectivity index (χ3n) is 10.7. The molecule has 1 unspecified atom stereocenters. The number of ether oxygens (including phenoxy) is 4. The molecule has 3 N–H and O–H groups in total. The molecule has 2 aromatic heterocycles. The van der Waals surface area contributed by atoms with Gasteiger partial charge in [-0.1, -0.05) is 146 Å². The van der Waals surface area contributed by atoms with Gasteiger partial charge in [0.2, 0.25) is 5.95 Å². The minimum Gasteiger partial charge on any atom is -0.497 e. The molecule has 0 aliphatic carbocycles. The monoisotopic (exact) mass is 799 g/mol.